The van der Waals surface area contributed by atoms with Gasteiger partial charge in [0.25, 0.3) is 12.0 Å². The molecule has 0 saturated heterocycles. The molecule has 10 heteroatoms. The Morgan fingerprint density at radius 2 is 1.81 bits per heavy atom. The number of halogens is 5. The maximum Gasteiger partial charge on any atom is 0.266 e. The molecular weight excluding hydrogens is 419 g/mol. The lowest BCUT2D eigenvalue weighted by Gasteiger charge is -2.19. The van der Waals surface area contributed by atoms with Crippen LogP contribution < -0.4 is 10.9 Å². The Morgan fingerprint density at radius 1 is 1.13 bits per heavy atom. The van der Waals surface area contributed by atoms with E-state index in [1.54, 1.807) is 13.8 Å². The van der Waals surface area contributed by atoms with Gasteiger partial charge in [-0.15, -0.1) is 0 Å². The minimum Gasteiger partial charge on any atom is -0.363 e. The molecule has 2 heterocycles. The van der Waals surface area contributed by atoms with Crippen molar-refractivity contribution < 1.29 is 22.0 Å². The van der Waals surface area contributed by atoms with E-state index >= 15 is 0 Å². The second-order valence-corrected chi connectivity index (χ2v) is 7.77. The first-order valence-corrected chi connectivity index (χ1v) is 9.67. The zero-order chi connectivity index (χ0) is 22.5. The van der Waals surface area contributed by atoms with E-state index < -0.39 is 41.2 Å². The van der Waals surface area contributed by atoms with Gasteiger partial charge in [0.2, 0.25) is 6.43 Å². The average molecular weight is 438 g/mol. The van der Waals surface area contributed by atoms with Crippen molar-refractivity contribution in [1.82, 2.24) is 15.0 Å². The lowest BCUT2D eigenvalue weighted by molar-refractivity contribution is 0.101. The molecule has 0 radical (unpaired) electrons. The van der Waals surface area contributed by atoms with E-state index in [-0.39, 0.29) is 46.6 Å². The summed E-state index contributed by atoms with van der Waals surface area (Å²) >= 11 is 0. The molecule has 3 aromatic rings. The first-order valence-electron chi connectivity index (χ1n) is 9.67. The van der Waals surface area contributed by atoms with Crippen LogP contribution in [0, 0.1) is 12.7 Å². The Morgan fingerprint density at radius 3 is 2.42 bits per heavy atom. The van der Waals surface area contributed by atoms with E-state index in [9.17, 15) is 26.7 Å². The van der Waals surface area contributed by atoms with Crippen molar-refractivity contribution in [3.05, 3.63) is 63.0 Å². The summed E-state index contributed by atoms with van der Waals surface area (Å²) in [6.07, 6.45) is -5.28. The molecule has 2 N–H and O–H groups in total. The molecule has 1 fully saturated rings. The molecule has 31 heavy (non-hydrogen) atoms. The topological polar surface area (TPSA) is 70.7 Å². The van der Waals surface area contributed by atoms with Crippen LogP contribution in [0.25, 0.3) is 11.0 Å². The number of aromatic nitrogens is 3. The van der Waals surface area contributed by atoms with E-state index in [2.05, 4.69) is 20.3 Å². The molecule has 1 aliphatic rings. The summed E-state index contributed by atoms with van der Waals surface area (Å²) in [5.74, 6) is -0.571. The van der Waals surface area contributed by atoms with Gasteiger partial charge in [-0.2, -0.15) is 0 Å². The molecule has 0 aliphatic heterocycles. The normalized spacial score (nSPS) is 16.2. The van der Waals surface area contributed by atoms with E-state index in [0.717, 1.165) is 6.07 Å². The molecule has 164 valence electrons. The van der Waals surface area contributed by atoms with Crippen LogP contribution in [0.4, 0.5) is 27.8 Å². The van der Waals surface area contributed by atoms with Gasteiger partial charge >= 0.3 is 0 Å². The van der Waals surface area contributed by atoms with Crippen LogP contribution in [-0.4, -0.2) is 21.4 Å². The van der Waals surface area contributed by atoms with Crippen LogP contribution in [0.1, 0.15) is 54.7 Å². The summed E-state index contributed by atoms with van der Waals surface area (Å²) in [5.41, 5.74) is -2.76. The summed E-state index contributed by atoms with van der Waals surface area (Å²) in [5, 5.41) is 3.23. The fraction of sp³-hybridized carbons (Fsp3) is 0.381. The van der Waals surface area contributed by atoms with Gasteiger partial charge in [0.1, 0.15) is 23.1 Å². The first-order chi connectivity index (χ1) is 14.6. The number of nitrogens with zero attached hydrogens (tertiary/aromatic N) is 2. The SMILES string of the molecule is Cc1nc(N[C@H](C)c2cccc(C(F)F)c2F)c2cc(C3(C(F)F)CC3)c(=O)[nH]c2n1. The Bertz CT molecular complexity index is 1210. The van der Waals surface area contributed by atoms with Gasteiger partial charge in [0.05, 0.1) is 22.4 Å². The number of pyridine rings is 1. The van der Waals surface area contributed by atoms with Gasteiger partial charge in [0.15, 0.2) is 0 Å². The van der Waals surface area contributed by atoms with Crippen LogP contribution >= 0.6 is 0 Å². The fourth-order valence-electron chi connectivity index (χ4n) is 3.77. The van der Waals surface area contributed by atoms with Gasteiger partial charge in [-0.3, -0.25) is 4.79 Å². The molecule has 1 aliphatic carbocycles. The van der Waals surface area contributed by atoms with Crippen molar-refractivity contribution in [1.29, 1.82) is 0 Å². The zero-order valence-corrected chi connectivity index (χ0v) is 16.6. The lowest BCUT2D eigenvalue weighted by atomic mass is 9.97. The number of alkyl halides is 4. The van der Waals surface area contributed by atoms with Gasteiger partial charge in [-0.1, -0.05) is 18.2 Å². The highest BCUT2D eigenvalue weighted by molar-refractivity contribution is 5.87. The van der Waals surface area contributed by atoms with E-state index in [4.69, 9.17) is 0 Å². The molecule has 4 rings (SSSR count). The Labute approximate surface area is 173 Å². The average Bonchev–Trinajstić information content (AvgIpc) is 3.49. The van der Waals surface area contributed by atoms with Crippen molar-refractivity contribution in [2.75, 3.05) is 5.32 Å². The summed E-state index contributed by atoms with van der Waals surface area (Å²) in [6.45, 7) is 3.13. The molecule has 2 aromatic heterocycles. The second-order valence-electron chi connectivity index (χ2n) is 7.77. The van der Waals surface area contributed by atoms with E-state index in [1.807, 2.05) is 0 Å². The number of hydrogen-bond acceptors (Lipinski definition) is 4. The third-order valence-corrected chi connectivity index (χ3v) is 5.68. The number of rotatable bonds is 6. The molecule has 5 nitrogen and oxygen atoms in total. The number of fused-ring (bicyclic) bond motifs is 1. The maximum absolute atomic E-state index is 14.6. The van der Waals surface area contributed by atoms with Crippen LogP contribution in [0.15, 0.2) is 29.1 Å². The number of nitrogens with one attached hydrogen (secondary N) is 2. The number of anilines is 1. The summed E-state index contributed by atoms with van der Waals surface area (Å²) in [6, 6.07) is 4.27. The fourth-order valence-corrected chi connectivity index (χ4v) is 3.77. The van der Waals surface area contributed by atoms with E-state index in [1.165, 1.54) is 18.2 Å². The zero-order valence-electron chi connectivity index (χ0n) is 16.6. The highest BCUT2D eigenvalue weighted by Gasteiger charge is 2.54. The van der Waals surface area contributed by atoms with Crippen molar-refractivity contribution >= 4 is 16.9 Å². The highest BCUT2D eigenvalue weighted by atomic mass is 19.3. The monoisotopic (exact) mass is 438 g/mol. The number of hydrogen-bond donors (Lipinski definition) is 2. The number of aromatic amines is 1. The standard InChI is InChI=1S/C21H19F5N4O/c1-9(11-4-3-5-12(15(11)22)16(23)24)27-17-13-8-14(21(6-7-21)20(25)26)19(31)30-18(13)29-10(2)28-17/h3-5,8-9,16,20H,6-7H2,1-2H3,(H2,27,28,29,30,31)/t9-/m1/s1. The first kappa shape index (κ1) is 21.2. The molecule has 1 atom stereocenters. The summed E-state index contributed by atoms with van der Waals surface area (Å²) < 4.78 is 67.8. The highest BCUT2D eigenvalue weighted by Crippen LogP contribution is 2.52. The number of H-pyrrole nitrogens is 1. The lowest BCUT2D eigenvalue weighted by Crippen LogP contribution is -2.27. The molecule has 1 aromatic carbocycles. The van der Waals surface area contributed by atoms with Crippen molar-refractivity contribution in [3.63, 3.8) is 0 Å². The third-order valence-electron chi connectivity index (χ3n) is 5.68. The smallest absolute Gasteiger partial charge is 0.266 e. The Balaban J connectivity index is 1.79. The minimum atomic E-state index is -2.97. The summed E-state index contributed by atoms with van der Waals surface area (Å²) in [4.78, 5) is 23.4. The van der Waals surface area contributed by atoms with Crippen LogP contribution in [-0.2, 0) is 5.41 Å². The summed E-state index contributed by atoms with van der Waals surface area (Å²) in [7, 11) is 0. The van der Waals surface area contributed by atoms with Crippen molar-refractivity contribution in [2.24, 2.45) is 0 Å². The third kappa shape index (κ3) is 3.64. The largest absolute Gasteiger partial charge is 0.363 e. The molecular formula is C21H19F5N4O. The van der Waals surface area contributed by atoms with Crippen LogP contribution in [0.3, 0.4) is 0 Å². The Kier molecular flexibility index (Phi) is 5.18. The minimum absolute atomic E-state index is 0.00175. The van der Waals surface area contributed by atoms with Gasteiger partial charge < -0.3 is 10.3 Å². The van der Waals surface area contributed by atoms with Crippen LogP contribution in [0.2, 0.25) is 0 Å². The molecule has 0 unspecified atom stereocenters. The predicted octanol–water partition coefficient (Wildman–Crippen LogP) is 5.17. The predicted molar refractivity (Wildman–Crippen MR) is 105 cm³/mol. The van der Waals surface area contributed by atoms with E-state index in [0.29, 0.717) is 0 Å². The van der Waals surface area contributed by atoms with Crippen LogP contribution in [0.5, 0.6) is 0 Å². The molecule has 0 bridgehead atoms. The van der Waals surface area contributed by atoms with Gasteiger partial charge in [-0.05, 0) is 32.8 Å². The van der Waals surface area contributed by atoms with Gasteiger partial charge in [-0.25, -0.2) is 31.9 Å². The molecule has 0 amide bonds. The molecule has 0 spiro atoms. The second kappa shape index (κ2) is 7.58. The number of aryl methyl sites for hydroxylation is 1. The maximum atomic E-state index is 14.6. The van der Waals surface area contributed by atoms with Crippen molar-refractivity contribution in [2.45, 2.75) is 51.0 Å². The quantitative estimate of drug-likeness (QED) is 0.521. The number of benzene rings is 1. The van der Waals surface area contributed by atoms with Gasteiger partial charge in [0, 0.05) is 11.1 Å². The Hall–Kier alpha value is -3.04. The van der Waals surface area contributed by atoms with Crippen molar-refractivity contribution in [3.8, 4) is 0 Å². The molecule has 1 saturated carbocycles.